The molecule has 2 atom stereocenters. The van der Waals surface area contributed by atoms with E-state index in [0.29, 0.717) is 5.84 Å². The van der Waals surface area contributed by atoms with Gasteiger partial charge in [0.25, 0.3) is 5.91 Å². The van der Waals surface area contributed by atoms with Crippen molar-refractivity contribution in [1.29, 1.82) is 0 Å². The van der Waals surface area contributed by atoms with Crippen molar-refractivity contribution in [3.05, 3.63) is 35.4 Å². The first-order chi connectivity index (χ1) is 10.2. The van der Waals surface area contributed by atoms with Crippen LogP contribution in [-0.2, 0) is 9.59 Å². The van der Waals surface area contributed by atoms with Crippen molar-refractivity contribution in [1.82, 2.24) is 10.6 Å². The minimum atomic E-state index is -0.821. The summed E-state index contributed by atoms with van der Waals surface area (Å²) < 4.78 is 0. The van der Waals surface area contributed by atoms with Crippen LogP contribution in [0, 0.1) is 6.92 Å². The molecule has 2 unspecified atom stereocenters. The average Bonchev–Trinajstić information content (AvgIpc) is 2.49. The van der Waals surface area contributed by atoms with E-state index in [1.54, 1.807) is 0 Å². The normalized spacial score (nSPS) is 26.2. The molecule has 2 amide bonds. The van der Waals surface area contributed by atoms with Gasteiger partial charge in [-0.05, 0) is 37.4 Å². The average molecular weight is 285 g/mol. The molecule has 21 heavy (non-hydrogen) atoms. The van der Waals surface area contributed by atoms with Gasteiger partial charge in [-0.3, -0.25) is 9.59 Å². The number of piperidine rings is 1. The molecule has 1 fully saturated rings. The zero-order chi connectivity index (χ0) is 14.8. The van der Waals surface area contributed by atoms with Crippen LogP contribution in [0.2, 0.25) is 0 Å². The first-order valence-electron chi connectivity index (χ1n) is 7.39. The molecular formula is C16H19N3O2. The topological polar surface area (TPSA) is 70.6 Å². The molecular weight excluding hydrogens is 266 g/mol. The number of hydrogen-bond donors (Lipinski definition) is 2. The van der Waals surface area contributed by atoms with Gasteiger partial charge in [-0.25, -0.2) is 0 Å². The van der Waals surface area contributed by atoms with E-state index in [-0.39, 0.29) is 17.9 Å². The van der Waals surface area contributed by atoms with Crippen LogP contribution in [0.3, 0.4) is 0 Å². The van der Waals surface area contributed by atoms with Crippen LogP contribution in [0.1, 0.15) is 36.3 Å². The lowest BCUT2D eigenvalue weighted by molar-refractivity contribution is -0.129. The number of carbonyl (C=O) groups excluding carboxylic acids is 2. The highest BCUT2D eigenvalue weighted by Crippen LogP contribution is 2.24. The molecule has 2 aliphatic heterocycles. The molecule has 5 heteroatoms. The molecule has 0 saturated carbocycles. The molecule has 0 radical (unpaired) electrons. The highest BCUT2D eigenvalue weighted by Gasteiger charge is 2.36. The Balaban J connectivity index is 1.87. The first-order valence-corrected chi connectivity index (χ1v) is 7.39. The van der Waals surface area contributed by atoms with Crippen LogP contribution in [0.25, 0.3) is 0 Å². The largest absolute Gasteiger partial charge is 0.312 e. The Morgan fingerprint density at radius 2 is 2.00 bits per heavy atom. The van der Waals surface area contributed by atoms with Crippen molar-refractivity contribution in [2.24, 2.45) is 4.99 Å². The first kappa shape index (κ1) is 13.9. The molecule has 0 spiro atoms. The number of amidine groups is 1. The second-order valence-corrected chi connectivity index (χ2v) is 5.62. The maximum atomic E-state index is 12.4. The summed E-state index contributed by atoms with van der Waals surface area (Å²) in [5.74, 6) is -0.977. The van der Waals surface area contributed by atoms with Gasteiger partial charge in [0, 0.05) is 0 Å². The van der Waals surface area contributed by atoms with Gasteiger partial charge in [-0.15, -0.1) is 0 Å². The number of carbonyl (C=O) groups is 2. The van der Waals surface area contributed by atoms with Gasteiger partial charge in [0.15, 0.2) is 0 Å². The highest BCUT2D eigenvalue weighted by molar-refractivity contribution is 6.20. The molecule has 3 rings (SSSR count). The lowest BCUT2D eigenvalue weighted by Crippen LogP contribution is -2.53. The summed E-state index contributed by atoms with van der Waals surface area (Å²) in [6, 6.07) is 7.44. The second kappa shape index (κ2) is 5.77. The summed E-state index contributed by atoms with van der Waals surface area (Å²) in [6.07, 6.45) is 3.11. The standard InChI is InChI=1S/C16H19N3O2/c1-10-6-2-3-7-11(10)13-15(20)18-14(19-16(13)21)12-8-4-5-9-17-12/h2-3,6-7,12-13,17H,4-5,8-9H2,1H3,(H,18,19,20,21). The van der Waals surface area contributed by atoms with E-state index in [1.165, 1.54) is 0 Å². The summed E-state index contributed by atoms with van der Waals surface area (Å²) in [5, 5.41) is 6.12. The fourth-order valence-electron chi connectivity index (χ4n) is 2.96. The molecule has 2 heterocycles. The van der Waals surface area contributed by atoms with Gasteiger partial charge < -0.3 is 10.6 Å². The van der Waals surface area contributed by atoms with Crippen molar-refractivity contribution in [2.75, 3.05) is 6.54 Å². The van der Waals surface area contributed by atoms with E-state index < -0.39 is 5.92 Å². The Morgan fingerprint density at radius 1 is 1.19 bits per heavy atom. The van der Waals surface area contributed by atoms with Gasteiger partial charge in [0.1, 0.15) is 11.8 Å². The van der Waals surface area contributed by atoms with Gasteiger partial charge in [0.05, 0.1) is 6.04 Å². The van der Waals surface area contributed by atoms with E-state index in [1.807, 2.05) is 31.2 Å². The maximum Gasteiger partial charge on any atom is 0.264 e. The lowest BCUT2D eigenvalue weighted by Gasteiger charge is -2.29. The molecule has 1 saturated heterocycles. The summed E-state index contributed by atoms with van der Waals surface area (Å²) >= 11 is 0. The van der Waals surface area contributed by atoms with Gasteiger partial charge >= 0.3 is 0 Å². The summed E-state index contributed by atoms with van der Waals surface area (Å²) in [7, 11) is 0. The van der Waals surface area contributed by atoms with Crippen LogP contribution in [0.15, 0.2) is 29.3 Å². The monoisotopic (exact) mass is 285 g/mol. The highest BCUT2D eigenvalue weighted by atomic mass is 16.2. The number of benzene rings is 1. The number of aryl methyl sites for hydroxylation is 1. The predicted octanol–water partition coefficient (Wildman–Crippen LogP) is 1.28. The molecule has 2 aliphatic rings. The van der Waals surface area contributed by atoms with Crippen molar-refractivity contribution in [3.63, 3.8) is 0 Å². The van der Waals surface area contributed by atoms with Crippen molar-refractivity contribution < 1.29 is 9.59 Å². The minimum Gasteiger partial charge on any atom is -0.312 e. The smallest absolute Gasteiger partial charge is 0.264 e. The minimum absolute atomic E-state index is 0.00975. The van der Waals surface area contributed by atoms with E-state index in [2.05, 4.69) is 15.6 Å². The Kier molecular flexibility index (Phi) is 3.84. The molecule has 0 bridgehead atoms. The fraction of sp³-hybridized carbons (Fsp3) is 0.438. The molecule has 1 aromatic rings. The Labute approximate surface area is 123 Å². The number of rotatable bonds is 2. The molecule has 5 nitrogen and oxygen atoms in total. The summed E-state index contributed by atoms with van der Waals surface area (Å²) in [4.78, 5) is 28.8. The number of nitrogens with one attached hydrogen (secondary N) is 2. The second-order valence-electron chi connectivity index (χ2n) is 5.62. The van der Waals surface area contributed by atoms with E-state index in [9.17, 15) is 9.59 Å². The SMILES string of the molecule is Cc1ccccc1C1C(=O)N=C(C2CCCCN2)NC1=O. The van der Waals surface area contributed by atoms with E-state index >= 15 is 0 Å². The van der Waals surface area contributed by atoms with Crippen LogP contribution >= 0.6 is 0 Å². The Bertz CT molecular complexity index is 603. The molecule has 1 aromatic carbocycles. The summed E-state index contributed by atoms with van der Waals surface area (Å²) in [6.45, 7) is 2.80. The predicted molar refractivity (Wildman–Crippen MR) is 80.1 cm³/mol. The van der Waals surface area contributed by atoms with Crippen molar-refractivity contribution in [3.8, 4) is 0 Å². The lowest BCUT2D eigenvalue weighted by atomic mass is 9.91. The van der Waals surface area contributed by atoms with E-state index in [4.69, 9.17) is 0 Å². The van der Waals surface area contributed by atoms with Gasteiger partial charge in [0.2, 0.25) is 5.91 Å². The number of aliphatic imine (C=N–C) groups is 1. The molecule has 0 aliphatic carbocycles. The molecule has 110 valence electrons. The fourth-order valence-corrected chi connectivity index (χ4v) is 2.96. The van der Waals surface area contributed by atoms with Crippen molar-refractivity contribution >= 4 is 17.6 Å². The zero-order valence-electron chi connectivity index (χ0n) is 12.1. The molecule has 2 N–H and O–H groups in total. The quantitative estimate of drug-likeness (QED) is 0.804. The zero-order valence-corrected chi connectivity index (χ0v) is 12.1. The van der Waals surface area contributed by atoms with Gasteiger partial charge in [-0.1, -0.05) is 30.7 Å². The van der Waals surface area contributed by atoms with Crippen molar-refractivity contribution in [2.45, 2.75) is 38.1 Å². The third-order valence-electron chi connectivity index (χ3n) is 4.13. The number of amides is 2. The van der Waals surface area contributed by atoms with E-state index in [0.717, 1.165) is 36.9 Å². The van der Waals surface area contributed by atoms with Crippen LogP contribution in [-0.4, -0.2) is 30.2 Å². The third kappa shape index (κ3) is 2.74. The Hall–Kier alpha value is -2.01. The van der Waals surface area contributed by atoms with Crippen LogP contribution < -0.4 is 10.6 Å². The maximum absolute atomic E-state index is 12.4. The van der Waals surface area contributed by atoms with Crippen LogP contribution in [0.4, 0.5) is 0 Å². The number of nitrogens with zero attached hydrogens (tertiary/aromatic N) is 1. The van der Waals surface area contributed by atoms with Crippen LogP contribution in [0.5, 0.6) is 0 Å². The molecule has 0 aromatic heterocycles. The third-order valence-corrected chi connectivity index (χ3v) is 4.13. The Morgan fingerprint density at radius 3 is 2.67 bits per heavy atom. The summed E-state index contributed by atoms with van der Waals surface area (Å²) in [5.41, 5.74) is 1.67. The number of hydrogen-bond acceptors (Lipinski definition) is 3. The van der Waals surface area contributed by atoms with Gasteiger partial charge in [-0.2, -0.15) is 4.99 Å².